The number of aryl methyl sites for hydroxylation is 1. The van der Waals surface area contributed by atoms with Gasteiger partial charge in [-0.2, -0.15) is 18.3 Å². The number of fused-ring (bicyclic) bond motifs is 1. The Balaban J connectivity index is 1.26. The van der Waals surface area contributed by atoms with E-state index in [2.05, 4.69) is 25.1 Å². The number of halogens is 3. The zero-order valence-corrected chi connectivity index (χ0v) is 18.1. The van der Waals surface area contributed by atoms with E-state index in [4.69, 9.17) is 4.98 Å². The molecule has 0 spiro atoms. The lowest BCUT2D eigenvalue weighted by Gasteiger charge is -2.30. The van der Waals surface area contributed by atoms with Crippen LogP contribution < -0.4 is 0 Å². The summed E-state index contributed by atoms with van der Waals surface area (Å²) < 4.78 is 39.9. The van der Waals surface area contributed by atoms with Crippen molar-refractivity contribution in [1.29, 1.82) is 0 Å². The van der Waals surface area contributed by atoms with Gasteiger partial charge in [-0.3, -0.25) is 15.0 Å². The molecule has 1 N–H and O–H groups in total. The molecule has 0 saturated carbocycles. The second-order valence-corrected chi connectivity index (χ2v) is 8.40. The molecule has 1 fully saturated rings. The van der Waals surface area contributed by atoms with Gasteiger partial charge < -0.3 is 0 Å². The lowest BCUT2D eigenvalue weighted by molar-refractivity contribution is -0.140. The fraction of sp³-hybridized carbons (Fsp3) is 0.333. The normalized spacial score (nSPS) is 15.9. The minimum absolute atomic E-state index is 0.00578. The molecular weight excluding hydrogens is 429 g/mol. The number of H-pyrrole nitrogens is 1. The molecule has 0 amide bonds. The number of rotatable bonds is 4. The summed E-state index contributed by atoms with van der Waals surface area (Å²) in [4.78, 5) is 15.2. The van der Waals surface area contributed by atoms with E-state index in [0.717, 1.165) is 60.2 Å². The monoisotopic (exact) mass is 452 g/mol. The summed E-state index contributed by atoms with van der Waals surface area (Å²) in [7, 11) is 0. The maximum absolute atomic E-state index is 13.3. The van der Waals surface area contributed by atoms with Crippen molar-refractivity contribution in [1.82, 2.24) is 30.0 Å². The smallest absolute Gasteiger partial charge is 0.296 e. The topological polar surface area (TPSA) is 70.6 Å². The highest BCUT2D eigenvalue weighted by Gasteiger charge is 2.36. The first-order chi connectivity index (χ1) is 15.9. The summed E-state index contributed by atoms with van der Waals surface area (Å²) in [5.74, 6) is 1.03. The van der Waals surface area contributed by atoms with E-state index in [9.17, 15) is 13.2 Å². The highest BCUT2D eigenvalue weighted by Crippen LogP contribution is 2.36. The lowest BCUT2D eigenvalue weighted by Crippen LogP contribution is -2.33. The van der Waals surface area contributed by atoms with Gasteiger partial charge in [0, 0.05) is 34.5 Å². The molecule has 1 saturated heterocycles. The van der Waals surface area contributed by atoms with Crippen LogP contribution >= 0.6 is 0 Å². The van der Waals surface area contributed by atoms with Gasteiger partial charge in [0.2, 0.25) is 0 Å². The Morgan fingerprint density at radius 1 is 1.06 bits per heavy atom. The molecular formula is C24H23F3N6. The predicted molar refractivity (Wildman–Crippen MR) is 118 cm³/mol. The molecule has 0 bridgehead atoms. The van der Waals surface area contributed by atoms with E-state index in [1.54, 1.807) is 6.07 Å². The number of aromatic nitrogens is 5. The molecule has 4 aromatic rings. The minimum atomic E-state index is -4.52. The van der Waals surface area contributed by atoms with Crippen LogP contribution in [0.4, 0.5) is 13.2 Å². The van der Waals surface area contributed by atoms with Crippen molar-refractivity contribution >= 4 is 10.9 Å². The van der Waals surface area contributed by atoms with Crippen LogP contribution in [0.15, 0.2) is 48.7 Å². The van der Waals surface area contributed by atoms with Gasteiger partial charge in [-0.15, -0.1) is 0 Å². The minimum Gasteiger partial charge on any atom is -0.296 e. The number of hydrogen-bond acceptors (Lipinski definition) is 5. The maximum Gasteiger partial charge on any atom is 0.434 e. The van der Waals surface area contributed by atoms with Crippen LogP contribution in [0.3, 0.4) is 0 Å². The van der Waals surface area contributed by atoms with E-state index in [-0.39, 0.29) is 17.2 Å². The van der Waals surface area contributed by atoms with Gasteiger partial charge in [0.25, 0.3) is 0 Å². The average molecular weight is 452 g/mol. The summed E-state index contributed by atoms with van der Waals surface area (Å²) in [6, 6.07) is 12.6. The molecule has 3 aromatic heterocycles. The number of pyridine rings is 1. The lowest BCUT2D eigenvalue weighted by atomic mass is 9.93. The van der Waals surface area contributed by atoms with Crippen LogP contribution in [0.25, 0.3) is 22.2 Å². The Labute approximate surface area is 188 Å². The van der Waals surface area contributed by atoms with E-state index in [0.29, 0.717) is 6.54 Å². The Kier molecular flexibility index (Phi) is 5.57. The second kappa shape index (κ2) is 8.55. The second-order valence-electron chi connectivity index (χ2n) is 8.40. The molecule has 1 aliphatic heterocycles. The van der Waals surface area contributed by atoms with Gasteiger partial charge >= 0.3 is 6.18 Å². The first kappa shape index (κ1) is 21.5. The largest absolute Gasteiger partial charge is 0.434 e. The first-order valence-corrected chi connectivity index (χ1v) is 10.9. The molecule has 0 unspecified atom stereocenters. The zero-order valence-electron chi connectivity index (χ0n) is 18.1. The standard InChI is InChI=1S/C24H23F3N6/c1-15-17-5-2-3-7-19(17)30-22(29-15)14-33-11-8-16(9-12-33)20-13-21(32-31-20)18-6-4-10-28-23(18)24(25,26)27/h2-7,10,13,16H,8-9,11-12,14H2,1H3,(H,31,32). The molecule has 33 heavy (non-hydrogen) atoms. The fourth-order valence-electron chi connectivity index (χ4n) is 4.49. The highest BCUT2D eigenvalue weighted by atomic mass is 19.4. The van der Waals surface area contributed by atoms with Crippen LogP contribution in [0.2, 0.25) is 0 Å². The molecule has 4 heterocycles. The maximum atomic E-state index is 13.3. The van der Waals surface area contributed by atoms with Crippen molar-refractivity contribution in [3.63, 3.8) is 0 Å². The third-order valence-electron chi connectivity index (χ3n) is 6.18. The quantitative estimate of drug-likeness (QED) is 0.465. The van der Waals surface area contributed by atoms with E-state index in [1.807, 2.05) is 31.2 Å². The number of nitrogens with zero attached hydrogens (tertiary/aromatic N) is 5. The van der Waals surface area contributed by atoms with Gasteiger partial charge in [0.15, 0.2) is 5.69 Å². The van der Waals surface area contributed by atoms with E-state index < -0.39 is 11.9 Å². The average Bonchev–Trinajstić information content (AvgIpc) is 3.29. The van der Waals surface area contributed by atoms with Crippen LogP contribution in [0, 0.1) is 6.92 Å². The predicted octanol–water partition coefficient (Wildman–Crippen LogP) is 5.12. The van der Waals surface area contributed by atoms with Gasteiger partial charge in [0.1, 0.15) is 5.82 Å². The molecule has 0 radical (unpaired) electrons. The summed E-state index contributed by atoms with van der Waals surface area (Å²) in [5, 5.41) is 8.19. The van der Waals surface area contributed by atoms with Crippen molar-refractivity contribution in [2.45, 2.75) is 38.4 Å². The number of nitrogens with one attached hydrogen (secondary N) is 1. The molecule has 1 aliphatic rings. The third-order valence-corrected chi connectivity index (χ3v) is 6.18. The van der Waals surface area contributed by atoms with Crippen molar-refractivity contribution < 1.29 is 13.2 Å². The van der Waals surface area contributed by atoms with Crippen molar-refractivity contribution in [2.75, 3.05) is 13.1 Å². The number of para-hydroxylation sites is 1. The number of likely N-dealkylation sites (tertiary alicyclic amines) is 1. The molecule has 0 atom stereocenters. The summed E-state index contributed by atoms with van der Waals surface area (Å²) in [6.07, 6.45) is -1.61. The number of piperidine rings is 1. The SMILES string of the molecule is Cc1nc(CN2CCC(c3cc(-c4cccnc4C(F)(F)F)n[nH]3)CC2)nc2ccccc12. The Hall–Kier alpha value is -3.33. The Bertz CT molecular complexity index is 1270. The molecule has 1 aromatic carbocycles. The van der Waals surface area contributed by atoms with Gasteiger partial charge in [-0.05, 0) is 57.1 Å². The molecule has 170 valence electrons. The van der Waals surface area contributed by atoms with Gasteiger partial charge in [-0.25, -0.2) is 9.97 Å². The van der Waals surface area contributed by atoms with Gasteiger partial charge in [-0.1, -0.05) is 18.2 Å². The summed E-state index contributed by atoms with van der Waals surface area (Å²) in [5.41, 5.74) is 2.14. The molecule has 0 aliphatic carbocycles. The molecule has 6 nitrogen and oxygen atoms in total. The molecule has 9 heteroatoms. The van der Waals surface area contributed by atoms with Crippen LogP contribution in [0.5, 0.6) is 0 Å². The van der Waals surface area contributed by atoms with Gasteiger partial charge in [0.05, 0.1) is 17.8 Å². The Morgan fingerprint density at radius 2 is 1.85 bits per heavy atom. The number of benzene rings is 1. The van der Waals surface area contributed by atoms with Crippen molar-refractivity contribution in [3.8, 4) is 11.3 Å². The molecule has 5 rings (SSSR count). The van der Waals surface area contributed by atoms with Crippen LogP contribution in [0.1, 0.15) is 41.7 Å². The number of alkyl halides is 3. The number of aromatic amines is 1. The highest BCUT2D eigenvalue weighted by molar-refractivity contribution is 5.80. The first-order valence-electron chi connectivity index (χ1n) is 10.9. The summed E-state index contributed by atoms with van der Waals surface area (Å²) in [6.45, 7) is 4.39. The third kappa shape index (κ3) is 4.45. The van der Waals surface area contributed by atoms with Crippen LogP contribution in [-0.2, 0) is 12.7 Å². The van der Waals surface area contributed by atoms with Crippen molar-refractivity contribution in [3.05, 3.63) is 71.6 Å². The fourth-order valence-corrected chi connectivity index (χ4v) is 4.49. The van der Waals surface area contributed by atoms with E-state index >= 15 is 0 Å². The summed E-state index contributed by atoms with van der Waals surface area (Å²) >= 11 is 0. The van der Waals surface area contributed by atoms with E-state index in [1.165, 1.54) is 12.1 Å². The zero-order chi connectivity index (χ0) is 23.0. The Morgan fingerprint density at radius 3 is 2.64 bits per heavy atom. The number of hydrogen-bond donors (Lipinski definition) is 1. The van der Waals surface area contributed by atoms with Crippen molar-refractivity contribution in [2.24, 2.45) is 0 Å². The van der Waals surface area contributed by atoms with Crippen LogP contribution in [-0.4, -0.2) is 43.1 Å².